The molecular formula is C15H10F3NO2S. The van der Waals surface area contributed by atoms with Gasteiger partial charge in [-0.1, -0.05) is 12.1 Å². The van der Waals surface area contributed by atoms with Crippen molar-refractivity contribution in [1.82, 2.24) is 0 Å². The van der Waals surface area contributed by atoms with E-state index in [1.807, 2.05) is 0 Å². The lowest BCUT2D eigenvalue weighted by Crippen LogP contribution is -1.90. The second-order valence-electron chi connectivity index (χ2n) is 4.32. The summed E-state index contributed by atoms with van der Waals surface area (Å²) in [5, 5.41) is 12.0. The smallest absolute Gasteiger partial charge is 0.258 e. The number of nitro benzene ring substituents is 1. The molecule has 0 spiro atoms. The van der Waals surface area contributed by atoms with Gasteiger partial charge < -0.3 is 0 Å². The molecule has 114 valence electrons. The monoisotopic (exact) mass is 325 g/mol. The van der Waals surface area contributed by atoms with Crippen molar-refractivity contribution in [1.29, 1.82) is 0 Å². The minimum Gasteiger partial charge on any atom is -0.258 e. The summed E-state index contributed by atoms with van der Waals surface area (Å²) in [4.78, 5) is 10.0. The summed E-state index contributed by atoms with van der Waals surface area (Å²) in [6.45, 7) is 0. The lowest BCUT2D eigenvalue weighted by Gasteiger charge is -2.00. The molecule has 0 aliphatic heterocycles. The molecule has 0 fully saturated rings. The fourth-order valence-corrected chi connectivity index (χ4v) is 2.40. The lowest BCUT2D eigenvalue weighted by molar-refractivity contribution is -0.384. The van der Waals surface area contributed by atoms with Crippen molar-refractivity contribution in [2.45, 2.75) is 5.75 Å². The van der Waals surface area contributed by atoms with E-state index in [9.17, 15) is 23.3 Å². The average Bonchev–Trinajstić information content (AvgIpc) is 2.46. The van der Waals surface area contributed by atoms with Gasteiger partial charge in [-0.3, -0.25) is 10.1 Å². The van der Waals surface area contributed by atoms with Crippen molar-refractivity contribution in [3.63, 3.8) is 0 Å². The Balaban J connectivity index is 1.97. The molecule has 0 saturated carbocycles. The number of halogens is 3. The molecule has 3 nitrogen and oxygen atoms in total. The third-order valence-corrected chi connectivity index (χ3v) is 3.60. The number of hydrogen-bond donors (Lipinski definition) is 0. The van der Waals surface area contributed by atoms with Gasteiger partial charge in [0.05, 0.1) is 4.92 Å². The Morgan fingerprint density at radius 1 is 1.09 bits per heavy atom. The van der Waals surface area contributed by atoms with Crippen molar-refractivity contribution in [2.75, 3.05) is 0 Å². The zero-order chi connectivity index (χ0) is 16.1. The normalized spacial score (nSPS) is 11.0. The maximum absolute atomic E-state index is 13.4. The van der Waals surface area contributed by atoms with Crippen LogP contribution in [0.3, 0.4) is 0 Å². The number of nitro groups is 1. The summed E-state index contributed by atoms with van der Waals surface area (Å²) >= 11 is 1.26. The van der Waals surface area contributed by atoms with Crippen molar-refractivity contribution in [3.05, 3.63) is 80.5 Å². The summed E-state index contributed by atoms with van der Waals surface area (Å²) in [6, 6.07) is 7.22. The van der Waals surface area contributed by atoms with E-state index >= 15 is 0 Å². The van der Waals surface area contributed by atoms with E-state index in [1.54, 1.807) is 12.1 Å². The number of rotatable bonds is 5. The molecule has 0 heterocycles. The average molecular weight is 325 g/mol. The van der Waals surface area contributed by atoms with E-state index in [2.05, 4.69) is 0 Å². The largest absolute Gasteiger partial charge is 0.269 e. The Bertz CT molecular complexity index is 694. The molecule has 0 saturated heterocycles. The molecule has 0 amide bonds. The molecular weight excluding hydrogens is 315 g/mol. The molecule has 0 bridgehead atoms. The first-order chi connectivity index (χ1) is 10.5. The zero-order valence-corrected chi connectivity index (χ0v) is 11.9. The molecule has 0 radical (unpaired) electrons. The summed E-state index contributed by atoms with van der Waals surface area (Å²) in [5.41, 5.74) is 0.526. The number of hydrogen-bond acceptors (Lipinski definition) is 3. The molecule has 0 aliphatic rings. The number of thioether (sulfide) groups is 1. The van der Waals surface area contributed by atoms with Gasteiger partial charge in [0.15, 0.2) is 0 Å². The Hall–Kier alpha value is -2.28. The Kier molecular flexibility index (Phi) is 5.21. The molecule has 0 unspecified atom stereocenters. The molecule has 2 aromatic rings. The first kappa shape index (κ1) is 16.1. The number of non-ortho nitro benzene ring substituents is 1. The van der Waals surface area contributed by atoms with Crippen LogP contribution in [0.1, 0.15) is 11.1 Å². The van der Waals surface area contributed by atoms with E-state index in [0.717, 1.165) is 5.56 Å². The highest BCUT2D eigenvalue weighted by molar-refractivity contribution is 8.01. The Morgan fingerprint density at radius 2 is 1.68 bits per heavy atom. The van der Waals surface area contributed by atoms with Crippen LogP contribution in [0, 0.1) is 27.6 Å². The lowest BCUT2D eigenvalue weighted by atomic mass is 10.2. The number of nitrogens with zero attached hydrogens (tertiary/aromatic N) is 1. The van der Waals surface area contributed by atoms with E-state index in [0.29, 0.717) is 17.9 Å². The third-order valence-electron chi connectivity index (χ3n) is 2.77. The molecule has 7 heteroatoms. The molecule has 22 heavy (non-hydrogen) atoms. The van der Waals surface area contributed by atoms with E-state index in [-0.39, 0.29) is 11.3 Å². The van der Waals surface area contributed by atoms with Crippen LogP contribution in [0.4, 0.5) is 18.9 Å². The Labute approximate surface area is 128 Å². The van der Waals surface area contributed by atoms with Crippen LogP contribution < -0.4 is 0 Å². The third kappa shape index (κ3) is 4.11. The summed E-state index contributed by atoms with van der Waals surface area (Å²) in [6.07, 6.45) is 1.22. The van der Waals surface area contributed by atoms with Gasteiger partial charge in [-0.25, -0.2) is 13.2 Å². The SMILES string of the molecule is O=[N+]([O-])c1ccc(CS/C=C\c2c(F)cc(F)cc2F)cc1. The van der Waals surface area contributed by atoms with Gasteiger partial charge in [0.25, 0.3) is 5.69 Å². The minimum absolute atomic E-state index is 0.000235. The van der Waals surface area contributed by atoms with Crippen molar-refractivity contribution < 1.29 is 18.1 Å². The van der Waals surface area contributed by atoms with Crippen LogP contribution in [-0.2, 0) is 5.75 Å². The maximum atomic E-state index is 13.4. The first-order valence-corrected chi connectivity index (χ1v) is 7.18. The summed E-state index contributed by atoms with van der Waals surface area (Å²) < 4.78 is 39.5. The predicted molar refractivity (Wildman–Crippen MR) is 79.7 cm³/mol. The van der Waals surface area contributed by atoms with Gasteiger partial charge >= 0.3 is 0 Å². The molecule has 0 aliphatic carbocycles. The quantitative estimate of drug-likeness (QED) is 0.579. The van der Waals surface area contributed by atoms with Crippen LogP contribution in [0.2, 0.25) is 0 Å². The van der Waals surface area contributed by atoms with Crippen LogP contribution in [0.15, 0.2) is 41.8 Å². The van der Waals surface area contributed by atoms with Gasteiger partial charge in [0, 0.05) is 35.6 Å². The van der Waals surface area contributed by atoms with Crippen molar-refractivity contribution in [3.8, 4) is 0 Å². The fraction of sp³-hybridized carbons (Fsp3) is 0.0667. The maximum Gasteiger partial charge on any atom is 0.269 e. The molecule has 0 atom stereocenters. The van der Waals surface area contributed by atoms with Crippen LogP contribution in [0.25, 0.3) is 6.08 Å². The van der Waals surface area contributed by atoms with Gasteiger partial charge in [0.1, 0.15) is 17.5 Å². The summed E-state index contributed by atoms with van der Waals surface area (Å²) in [5.74, 6) is -2.42. The molecule has 2 rings (SSSR count). The fourth-order valence-electron chi connectivity index (χ4n) is 1.69. The van der Waals surface area contributed by atoms with E-state index < -0.39 is 22.4 Å². The van der Waals surface area contributed by atoms with Gasteiger partial charge in [-0.2, -0.15) is 0 Å². The first-order valence-electron chi connectivity index (χ1n) is 6.13. The minimum atomic E-state index is -0.968. The van der Waals surface area contributed by atoms with Crippen LogP contribution in [0.5, 0.6) is 0 Å². The highest BCUT2D eigenvalue weighted by atomic mass is 32.2. The highest BCUT2D eigenvalue weighted by Gasteiger charge is 2.08. The molecule has 0 N–H and O–H groups in total. The highest BCUT2D eigenvalue weighted by Crippen LogP contribution is 2.21. The second kappa shape index (κ2) is 7.13. The van der Waals surface area contributed by atoms with Crippen LogP contribution >= 0.6 is 11.8 Å². The summed E-state index contributed by atoms with van der Waals surface area (Å²) in [7, 11) is 0. The van der Waals surface area contributed by atoms with Gasteiger partial charge in [0.2, 0.25) is 0 Å². The zero-order valence-electron chi connectivity index (χ0n) is 11.1. The Morgan fingerprint density at radius 3 is 2.23 bits per heavy atom. The van der Waals surface area contributed by atoms with Gasteiger partial charge in [-0.05, 0) is 17.0 Å². The van der Waals surface area contributed by atoms with Crippen molar-refractivity contribution >= 4 is 23.5 Å². The molecule has 2 aromatic carbocycles. The topological polar surface area (TPSA) is 43.1 Å². The van der Waals surface area contributed by atoms with E-state index in [4.69, 9.17) is 0 Å². The van der Waals surface area contributed by atoms with E-state index in [1.165, 1.54) is 35.4 Å². The second-order valence-corrected chi connectivity index (χ2v) is 5.21. The predicted octanol–water partition coefficient (Wildman–Crippen LogP) is 4.92. The van der Waals surface area contributed by atoms with Crippen molar-refractivity contribution in [2.24, 2.45) is 0 Å². The van der Waals surface area contributed by atoms with Gasteiger partial charge in [-0.15, -0.1) is 11.8 Å². The standard InChI is InChI=1S/C15H10F3NO2S/c16-11-7-14(17)13(15(18)8-11)5-6-22-9-10-1-3-12(4-2-10)19(20)21/h1-8H,9H2/b6-5-. The molecule has 0 aromatic heterocycles. The van der Waals surface area contributed by atoms with Crippen LogP contribution in [-0.4, -0.2) is 4.92 Å². The number of benzene rings is 2.